The second-order valence-corrected chi connectivity index (χ2v) is 7.22. The zero-order valence-corrected chi connectivity index (χ0v) is 16.7. The molecule has 30 heavy (non-hydrogen) atoms. The van der Waals surface area contributed by atoms with Gasteiger partial charge < -0.3 is 14.5 Å². The molecule has 2 heterocycles. The summed E-state index contributed by atoms with van der Waals surface area (Å²) < 4.78 is 43.1. The van der Waals surface area contributed by atoms with Crippen molar-refractivity contribution in [3.8, 4) is 0 Å². The number of rotatable bonds is 5. The van der Waals surface area contributed by atoms with Crippen LogP contribution in [-0.4, -0.2) is 73.2 Å². The van der Waals surface area contributed by atoms with Crippen molar-refractivity contribution in [1.82, 2.24) is 9.80 Å². The predicted octanol–water partition coefficient (Wildman–Crippen LogP) is 2.37. The van der Waals surface area contributed by atoms with Crippen LogP contribution in [0.2, 0.25) is 0 Å². The molecule has 1 saturated heterocycles. The van der Waals surface area contributed by atoms with Gasteiger partial charge in [0, 0.05) is 38.4 Å². The number of carbonyl (C=O) groups excluding carboxylic acids is 3. The molecule has 0 atom stereocenters. The first-order valence-corrected chi connectivity index (χ1v) is 9.90. The summed E-state index contributed by atoms with van der Waals surface area (Å²) in [4.78, 5) is 39.7. The summed E-state index contributed by atoms with van der Waals surface area (Å²) >= 11 is 0. The summed E-state index contributed by atoms with van der Waals surface area (Å²) in [7, 11) is 0. The van der Waals surface area contributed by atoms with Crippen molar-refractivity contribution in [1.29, 1.82) is 0 Å². The van der Waals surface area contributed by atoms with Gasteiger partial charge in [-0.3, -0.25) is 14.5 Å². The van der Waals surface area contributed by atoms with Crippen molar-refractivity contribution in [2.45, 2.75) is 32.4 Å². The number of alkyl halides is 3. The molecule has 3 rings (SSSR count). The number of benzene rings is 1. The van der Waals surface area contributed by atoms with E-state index in [0.717, 1.165) is 16.0 Å². The molecule has 2 aliphatic rings. The molecule has 0 saturated carbocycles. The van der Waals surface area contributed by atoms with Crippen LogP contribution in [0.3, 0.4) is 0 Å². The lowest BCUT2D eigenvalue weighted by Crippen LogP contribution is -2.42. The van der Waals surface area contributed by atoms with Gasteiger partial charge in [-0.2, -0.15) is 13.2 Å². The van der Waals surface area contributed by atoms with Crippen LogP contribution in [-0.2, 0) is 27.2 Å². The van der Waals surface area contributed by atoms with Gasteiger partial charge in [0.1, 0.15) is 0 Å². The minimum atomic E-state index is -4.88. The molecule has 1 aromatic rings. The van der Waals surface area contributed by atoms with Gasteiger partial charge in [0.15, 0.2) is 0 Å². The Kier molecular flexibility index (Phi) is 6.52. The third-order valence-electron chi connectivity index (χ3n) is 5.32. The summed E-state index contributed by atoms with van der Waals surface area (Å²) in [5.74, 6) is -2.17. The normalized spacial score (nSPS) is 17.1. The van der Waals surface area contributed by atoms with Crippen molar-refractivity contribution in [2.24, 2.45) is 0 Å². The Balaban J connectivity index is 1.65. The van der Waals surface area contributed by atoms with Crippen LogP contribution in [0, 0.1) is 0 Å². The second kappa shape index (κ2) is 8.93. The van der Waals surface area contributed by atoms with Crippen LogP contribution in [0.4, 0.5) is 23.7 Å². The van der Waals surface area contributed by atoms with E-state index in [9.17, 15) is 27.6 Å². The van der Waals surface area contributed by atoms with Crippen molar-refractivity contribution in [3.63, 3.8) is 0 Å². The number of nitrogens with zero attached hydrogens (tertiary/aromatic N) is 3. The zero-order valence-electron chi connectivity index (χ0n) is 16.7. The van der Waals surface area contributed by atoms with Crippen LogP contribution < -0.4 is 4.90 Å². The molecule has 0 N–H and O–H groups in total. The minimum absolute atomic E-state index is 0.00890. The van der Waals surface area contributed by atoms with Crippen molar-refractivity contribution in [3.05, 3.63) is 29.3 Å². The highest BCUT2D eigenvalue weighted by Crippen LogP contribution is 2.27. The number of ether oxygens (including phenoxy) is 1. The van der Waals surface area contributed by atoms with E-state index in [-0.39, 0.29) is 38.1 Å². The lowest BCUT2D eigenvalue weighted by atomic mass is 10.0. The van der Waals surface area contributed by atoms with Gasteiger partial charge in [0.2, 0.25) is 0 Å². The summed E-state index contributed by atoms with van der Waals surface area (Å²) in [6.07, 6.45) is -4.13. The number of carbonyl (C=O) groups is 3. The van der Waals surface area contributed by atoms with Crippen LogP contribution in [0.15, 0.2) is 18.2 Å². The molecule has 0 spiro atoms. The molecule has 2 aliphatic heterocycles. The second-order valence-electron chi connectivity index (χ2n) is 7.22. The van der Waals surface area contributed by atoms with E-state index in [2.05, 4.69) is 0 Å². The topological polar surface area (TPSA) is 70.2 Å². The highest BCUT2D eigenvalue weighted by molar-refractivity contribution is 5.94. The average molecular weight is 427 g/mol. The van der Waals surface area contributed by atoms with Crippen molar-refractivity contribution >= 4 is 23.6 Å². The number of halogens is 3. The molecule has 0 unspecified atom stereocenters. The highest BCUT2D eigenvalue weighted by atomic mass is 19.4. The summed E-state index contributed by atoms with van der Waals surface area (Å²) in [6.45, 7) is 3.20. The van der Waals surface area contributed by atoms with E-state index >= 15 is 0 Å². The molecule has 1 fully saturated rings. The van der Waals surface area contributed by atoms with Gasteiger partial charge in [-0.15, -0.1) is 0 Å². The Hall–Kier alpha value is -2.78. The molecule has 0 bridgehead atoms. The number of fused-ring (bicyclic) bond motifs is 1. The minimum Gasteiger partial charge on any atom is -0.466 e. The smallest absolute Gasteiger partial charge is 0.466 e. The fourth-order valence-electron chi connectivity index (χ4n) is 3.75. The monoisotopic (exact) mass is 427 g/mol. The summed E-state index contributed by atoms with van der Waals surface area (Å²) in [6, 6.07) is 5.17. The van der Waals surface area contributed by atoms with Crippen LogP contribution in [0.25, 0.3) is 0 Å². The van der Waals surface area contributed by atoms with Crippen LogP contribution in [0.1, 0.15) is 24.5 Å². The summed E-state index contributed by atoms with van der Waals surface area (Å²) in [5, 5.41) is 0. The number of amides is 3. The van der Waals surface area contributed by atoms with Crippen molar-refractivity contribution < 1.29 is 32.3 Å². The maximum absolute atomic E-state index is 12.7. The van der Waals surface area contributed by atoms with Crippen LogP contribution in [0.5, 0.6) is 0 Å². The maximum atomic E-state index is 12.7. The fourth-order valence-corrected chi connectivity index (χ4v) is 3.75. The lowest BCUT2D eigenvalue weighted by molar-refractivity contribution is -0.185. The number of esters is 1. The Labute approximate surface area is 172 Å². The van der Waals surface area contributed by atoms with Crippen molar-refractivity contribution in [2.75, 3.05) is 44.2 Å². The van der Waals surface area contributed by atoms with E-state index < -0.39 is 12.1 Å². The first-order valence-electron chi connectivity index (χ1n) is 9.90. The van der Waals surface area contributed by atoms with E-state index in [1.165, 1.54) is 0 Å². The van der Waals surface area contributed by atoms with Gasteiger partial charge in [-0.1, -0.05) is 6.07 Å². The van der Waals surface area contributed by atoms with E-state index in [0.29, 0.717) is 38.2 Å². The standard InChI is InChI=1S/C20H24F3N3O4/c1-2-30-17(27)7-10-25-11-12-26(19(25)29)16-4-3-14-5-8-24(9-6-15(14)13-16)18(28)20(21,22)23/h3-4,13H,2,5-12H2,1H3. The van der Waals surface area contributed by atoms with Gasteiger partial charge in [0.25, 0.3) is 0 Å². The van der Waals surface area contributed by atoms with Crippen LogP contribution >= 0.6 is 0 Å². The SMILES string of the molecule is CCOC(=O)CCN1CCN(c2ccc3c(c2)CCN(C(=O)C(F)(F)F)CC3)C1=O. The zero-order chi connectivity index (χ0) is 21.9. The Morgan fingerprint density at radius 3 is 2.43 bits per heavy atom. The predicted molar refractivity (Wildman–Crippen MR) is 102 cm³/mol. The number of hydrogen-bond donors (Lipinski definition) is 0. The number of hydrogen-bond acceptors (Lipinski definition) is 4. The Bertz CT molecular complexity index is 828. The largest absolute Gasteiger partial charge is 0.471 e. The van der Waals surface area contributed by atoms with E-state index in [4.69, 9.17) is 4.74 Å². The first-order chi connectivity index (χ1) is 14.2. The van der Waals surface area contributed by atoms with Gasteiger partial charge >= 0.3 is 24.1 Å². The lowest BCUT2D eigenvalue weighted by Gasteiger charge is -2.21. The molecule has 1 aromatic carbocycles. The molecular formula is C20H24F3N3O4. The fraction of sp³-hybridized carbons (Fsp3) is 0.550. The number of anilines is 1. The highest BCUT2D eigenvalue weighted by Gasteiger charge is 2.42. The third kappa shape index (κ3) is 4.85. The molecule has 10 heteroatoms. The first kappa shape index (κ1) is 21.9. The quantitative estimate of drug-likeness (QED) is 0.677. The third-order valence-corrected chi connectivity index (χ3v) is 5.32. The molecule has 0 aromatic heterocycles. The molecule has 3 amide bonds. The molecular weight excluding hydrogens is 403 g/mol. The number of urea groups is 1. The Morgan fingerprint density at radius 2 is 1.77 bits per heavy atom. The molecule has 0 aliphatic carbocycles. The van der Waals surface area contributed by atoms with E-state index in [1.807, 2.05) is 6.07 Å². The Morgan fingerprint density at radius 1 is 1.07 bits per heavy atom. The maximum Gasteiger partial charge on any atom is 0.471 e. The average Bonchev–Trinajstić information content (AvgIpc) is 2.93. The molecule has 164 valence electrons. The van der Waals surface area contributed by atoms with Gasteiger partial charge in [0.05, 0.1) is 13.0 Å². The summed E-state index contributed by atoms with van der Waals surface area (Å²) in [5.41, 5.74) is 2.37. The molecule has 0 radical (unpaired) electrons. The van der Waals surface area contributed by atoms with Gasteiger partial charge in [-0.05, 0) is 43.0 Å². The molecule has 7 nitrogen and oxygen atoms in total. The van der Waals surface area contributed by atoms with E-state index in [1.54, 1.807) is 28.9 Å². The van der Waals surface area contributed by atoms with Gasteiger partial charge in [-0.25, -0.2) is 4.79 Å².